The minimum absolute atomic E-state index is 0.139. The summed E-state index contributed by atoms with van der Waals surface area (Å²) in [5.41, 5.74) is 1.48. The van der Waals surface area contributed by atoms with Crippen LogP contribution in [0.4, 0.5) is 0 Å². The fourth-order valence-corrected chi connectivity index (χ4v) is 2.00. The predicted octanol–water partition coefficient (Wildman–Crippen LogP) is 3.58. The van der Waals surface area contributed by atoms with Crippen LogP contribution in [0, 0.1) is 6.92 Å². The highest BCUT2D eigenvalue weighted by Gasteiger charge is 2.16. The number of carbonyl (C=O) groups excluding carboxylic acids is 1. The van der Waals surface area contributed by atoms with Crippen LogP contribution in [0.25, 0.3) is 0 Å². The zero-order valence-corrected chi connectivity index (χ0v) is 10.9. The van der Waals surface area contributed by atoms with Crippen molar-refractivity contribution in [1.82, 2.24) is 0 Å². The van der Waals surface area contributed by atoms with Crippen LogP contribution in [-0.2, 0) is 0 Å². The van der Waals surface area contributed by atoms with E-state index in [0.717, 1.165) is 0 Å². The fourth-order valence-electron chi connectivity index (χ4n) is 1.87. The minimum atomic E-state index is -1.04. The fraction of sp³-hybridized carbons (Fsp3) is 0.0667. The first kappa shape index (κ1) is 13.3. The molecule has 1 N–H and O–H groups in total. The SMILES string of the molecule is Cc1c(C(=O)O)cccc1C(=O)c1ccc(Cl)cc1. The first-order valence-corrected chi connectivity index (χ1v) is 6.01. The smallest absolute Gasteiger partial charge is 0.335 e. The first-order valence-electron chi connectivity index (χ1n) is 5.64. The largest absolute Gasteiger partial charge is 0.478 e. The minimum Gasteiger partial charge on any atom is -0.478 e. The zero-order valence-electron chi connectivity index (χ0n) is 10.2. The zero-order chi connectivity index (χ0) is 14.0. The number of carboxylic acids is 1. The monoisotopic (exact) mass is 274 g/mol. The highest BCUT2D eigenvalue weighted by molar-refractivity contribution is 6.30. The molecular formula is C15H11ClO3. The van der Waals surface area contributed by atoms with Gasteiger partial charge in [0.1, 0.15) is 0 Å². The van der Waals surface area contributed by atoms with Crippen LogP contribution in [0.3, 0.4) is 0 Å². The molecule has 0 saturated carbocycles. The van der Waals surface area contributed by atoms with Crippen LogP contribution in [0.1, 0.15) is 31.8 Å². The van der Waals surface area contributed by atoms with E-state index in [-0.39, 0.29) is 11.3 Å². The van der Waals surface area contributed by atoms with Crippen LogP contribution in [0.2, 0.25) is 5.02 Å². The van der Waals surface area contributed by atoms with Crippen molar-refractivity contribution in [2.45, 2.75) is 6.92 Å². The molecule has 0 unspecified atom stereocenters. The Hall–Kier alpha value is -2.13. The molecule has 0 aromatic heterocycles. The summed E-state index contributed by atoms with van der Waals surface area (Å²) in [4.78, 5) is 23.4. The van der Waals surface area contributed by atoms with E-state index in [1.165, 1.54) is 6.07 Å². The Bertz CT molecular complexity index is 645. The molecule has 0 aliphatic rings. The molecule has 0 radical (unpaired) electrons. The molecule has 0 aliphatic carbocycles. The van der Waals surface area contributed by atoms with Gasteiger partial charge in [0.2, 0.25) is 0 Å². The Morgan fingerprint density at radius 3 is 2.16 bits per heavy atom. The third-order valence-corrected chi connectivity index (χ3v) is 3.17. The summed E-state index contributed by atoms with van der Waals surface area (Å²) >= 11 is 5.77. The number of carbonyl (C=O) groups is 2. The molecule has 0 saturated heterocycles. The van der Waals surface area contributed by atoms with E-state index in [2.05, 4.69) is 0 Å². The number of benzene rings is 2. The molecule has 0 bridgehead atoms. The third-order valence-electron chi connectivity index (χ3n) is 2.92. The maximum Gasteiger partial charge on any atom is 0.335 e. The Kier molecular flexibility index (Phi) is 3.67. The molecule has 0 amide bonds. The molecule has 0 heterocycles. The van der Waals surface area contributed by atoms with Crippen LogP contribution in [0.5, 0.6) is 0 Å². The Morgan fingerprint density at radius 1 is 1.00 bits per heavy atom. The van der Waals surface area contributed by atoms with Crippen LogP contribution in [0.15, 0.2) is 42.5 Å². The van der Waals surface area contributed by atoms with Gasteiger partial charge in [-0.1, -0.05) is 23.7 Å². The summed E-state index contributed by atoms with van der Waals surface area (Å²) < 4.78 is 0. The highest BCUT2D eigenvalue weighted by Crippen LogP contribution is 2.19. The summed E-state index contributed by atoms with van der Waals surface area (Å²) in [5.74, 6) is -1.25. The number of carboxylic acid groups (broad SMARTS) is 1. The predicted molar refractivity (Wildman–Crippen MR) is 73.0 cm³/mol. The van der Waals surface area contributed by atoms with E-state index in [4.69, 9.17) is 16.7 Å². The molecular weight excluding hydrogens is 264 g/mol. The topological polar surface area (TPSA) is 54.4 Å². The second-order valence-corrected chi connectivity index (χ2v) is 4.56. The van der Waals surface area contributed by atoms with Crippen molar-refractivity contribution in [2.75, 3.05) is 0 Å². The average Bonchev–Trinajstić information content (AvgIpc) is 2.38. The summed E-state index contributed by atoms with van der Waals surface area (Å²) in [6.45, 7) is 1.63. The van der Waals surface area contributed by atoms with Gasteiger partial charge in [-0.25, -0.2) is 4.79 Å². The van der Waals surface area contributed by atoms with Crippen molar-refractivity contribution < 1.29 is 14.7 Å². The molecule has 0 atom stereocenters. The van der Waals surface area contributed by atoms with Crippen molar-refractivity contribution in [1.29, 1.82) is 0 Å². The van der Waals surface area contributed by atoms with E-state index in [0.29, 0.717) is 21.7 Å². The van der Waals surface area contributed by atoms with E-state index < -0.39 is 5.97 Å². The lowest BCUT2D eigenvalue weighted by atomic mass is 9.96. The number of hydrogen-bond donors (Lipinski definition) is 1. The van der Waals surface area contributed by atoms with Crippen molar-refractivity contribution in [2.24, 2.45) is 0 Å². The van der Waals surface area contributed by atoms with Gasteiger partial charge < -0.3 is 5.11 Å². The van der Waals surface area contributed by atoms with E-state index in [1.807, 2.05) is 0 Å². The molecule has 2 aromatic carbocycles. The van der Waals surface area contributed by atoms with E-state index in [9.17, 15) is 9.59 Å². The lowest BCUT2D eigenvalue weighted by molar-refractivity contribution is 0.0696. The Labute approximate surface area is 115 Å². The summed E-state index contributed by atoms with van der Waals surface area (Å²) in [6.07, 6.45) is 0. The van der Waals surface area contributed by atoms with Gasteiger partial charge >= 0.3 is 5.97 Å². The van der Waals surface area contributed by atoms with Crippen molar-refractivity contribution in [3.8, 4) is 0 Å². The second kappa shape index (κ2) is 5.24. The van der Waals surface area contributed by atoms with Crippen molar-refractivity contribution >= 4 is 23.4 Å². The van der Waals surface area contributed by atoms with Crippen molar-refractivity contribution in [3.63, 3.8) is 0 Å². The molecule has 2 rings (SSSR count). The van der Waals surface area contributed by atoms with Gasteiger partial charge in [-0.15, -0.1) is 0 Å². The number of hydrogen-bond acceptors (Lipinski definition) is 2. The quantitative estimate of drug-likeness (QED) is 0.871. The molecule has 96 valence electrons. The third kappa shape index (κ3) is 2.66. The molecule has 0 fully saturated rings. The van der Waals surface area contributed by atoms with Crippen LogP contribution >= 0.6 is 11.6 Å². The molecule has 3 nitrogen and oxygen atoms in total. The maximum absolute atomic E-state index is 12.3. The van der Waals surface area contributed by atoms with E-state index >= 15 is 0 Å². The number of halogens is 1. The van der Waals surface area contributed by atoms with Gasteiger partial charge in [0.25, 0.3) is 0 Å². The number of ketones is 1. The standard InChI is InChI=1S/C15H11ClO3/c1-9-12(3-2-4-13(9)15(18)19)14(17)10-5-7-11(16)8-6-10/h2-8H,1H3,(H,18,19). The Morgan fingerprint density at radius 2 is 1.58 bits per heavy atom. The molecule has 4 heteroatoms. The molecule has 0 aliphatic heterocycles. The lowest BCUT2D eigenvalue weighted by Crippen LogP contribution is -2.08. The molecule has 19 heavy (non-hydrogen) atoms. The average molecular weight is 275 g/mol. The van der Waals surface area contributed by atoms with E-state index in [1.54, 1.807) is 43.3 Å². The lowest BCUT2D eigenvalue weighted by Gasteiger charge is -2.08. The number of aromatic carboxylic acids is 1. The molecule has 0 spiro atoms. The molecule has 2 aromatic rings. The summed E-state index contributed by atoms with van der Waals surface area (Å²) in [5, 5.41) is 9.60. The van der Waals surface area contributed by atoms with Gasteiger partial charge in [-0.05, 0) is 42.8 Å². The summed E-state index contributed by atoms with van der Waals surface area (Å²) in [7, 11) is 0. The van der Waals surface area contributed by atoms with Gasteiger partial charge in [-0.2, -0.15) is 0 Å². The van der Waals surface area contributed by atoms with Gasteiger partial charge in [0.05, 0.1) is 5.56 Å². The van der Waals surface area contributed by atoms with Crippen molar-refractivity contribution in [3.05, 3.63) is 69.7 Å². The van der Waals surface area contributed by atoms with Crippen LogP contribution < -0.4 is 0 Å². The second-order valence-electron chi connectivity index (χ2n) is 4.12. The first-order chi connectivity index (χ1) is 9.00. The van der Waals surface area contributed by atoms with Gasteiger partial charge in [0.15, 0.2) is 5.78 Å². The van der Waals surface area contributed by atoms with Gasteiger partial charge in [-0.3, -0.25) is 4.79 Å². The normalized spacial score (nSPS) is 10.2. The van der Waals surface area contributed by atoms with Crippen LogP contribution in [-0.4, -0.2) is 16.9 Å². The maximum atomic E-state index is 12.3. The van der Waals surface area contributed by atoms with Gasteiger partial charge in [0, 0.05) is 16.1 Å². The Balaban J connectivity index is 2.47. The summed E-state index contributed by atoms with van der Waals surface area (Å²) in [6, 6.07) is 11.2. The highest BCUT2D eigenvalue weighted by atomic mass is 35.5. The number of rotatable bonds is 3.